The predicted molar refractivity (Wildman–Crippen MR) is 106 cm³/mol. The Balaban J connectivity index is 1.31. The van der Waals surface area contributed by atoms with Gasteiger partial charge in [-0.3, -0.25) is 4.79 Å². The van der Waals surface area contributed by atoms with Crippen LogP contribution in [0.15, 0.2) is 6.33 Å². The van der Waals surface area contributed by atoms with Gasteiger partial charge in [0.2, 0.25) is 11.0 Å². The number of anilines is 2. The van der Waals surface area contributed by atoms with Crippen LogP contribution in [0.25, 0.3) is 5.78 Å². The molecule has 0 radical (unpaired) electrons. The van der Waals surface area contributed by atoms with Crippen molar-refractivity contribution in [1.82, 2.24) is 29.8 Å². The Labute approximate surface area is 166 Å². The average Bonchev–Trinajstić information content (AvgIpc) is 3.46. The van der Waals surface area contributed by atoms with Crippen molar-refractivity contribution >= 4 is 34.0 Å². The van der Waals surface area contributed by atoms with Crippen molar-refractivity contribution in [2.75, 3.05) is 23.3 Å². The minimum Gasteiger partial charge on any atom is -0.356 e. The van der Waals surface area contributed by atoms with Crippen LogP contribution in [0.5, 0.6) is 0 Å². The third-order valence-corrected chi connectivity index (χ3v) is 6.57. The molecule has 9 nitrogen and oxygen atoms in total. The number of rotatable bonds is 4. The highest BCUT2D eigenvalue weighted by Gasteiger charge is 2.30. The van der Waals surface area contributed by atoms with Gasteiger partial charge in [0.15, 0.2) is 0 Å². The van der Waals surface area contributed by atoms with Gasteiger partial charge in [0, 0.05) is 24.6 Å². The number of aryl methyl sites for hydroxylation is 2. The van der Waals surface area contributed by atoms with Crippen LogP contribution in [0.4, 0.5) is 10.9 Å². The van der Waals surface area contributed by atoms with Gasteiger partial charge in [-0.2, -0.15) is 14.6 Å². The molecule has 28 heavy (non-hydrogen) atoms. The van der Waals surface area contributed by atoms with Gasteiger partial charge in [0.25, 0.3) is 5.78 Å². The van der Waals surface area contributed by atoms with Gasteiger partial charge in [0.1, 0.15) is 17.2 Å². The van der Waals surface area contributed by atoms with Gasteiger partial charge in [-0.1, -0.05) is 18.3 Å². The second-order valence-corrected chi connectivity index (χ2v) is 8.35. The highest BCUT2D eigenvalue weighted by molar-refractivity contribution is 7.15. The van der Waals surface area contributed by atoms with Gasteiger partial charge < -0.3 is 10.2 Å². The number of nitrogens with one attached hydrogen (secondary N) is 1. The molecule has 1 saturated heterocycles. The third-order valence-electron chi connectivity index (χ3n) is 5.59. The Morgan fingerprint density at radius 1 is 1.29 bits per heavy atom. The first-order chi connectivity index (χ1) is 13.7. The molecule has 0 saturated carbocycles. The van der Waals surface area contributed by atoms with E-state index in [0.717, 1.165) is 68.1 Å². The van der Waals surface area contributed by atoms with Crippen LogP contribution >= 0.6 is 11.3 Å². The van der Waals surface area contributed by atoms with Crippen LogP contribution in [0, 0.1) is 5.92 Å². The third kappa shape index (κ3) is 3.01. The molecule has 3 aromatic heterocycles. The molecule has 10 heteroatoms. The second-order valence-electron chi connectivity index (χ2n) is 7.29. The maximum atomic E-state index is 12.6. The van der Waals surface area contributed by atoms with Gasteiger partial charge in [-0.05, 0) is 38.5 Å². The van der Waals surface area contributed by atoms with Crippen molar-refractivity contribution in [2.24, 2.45) is 5.92 Å². The van der Waals surface area contributed by atoms with Crippen molar-refractivity contribution in [2.45, 2.75) is 45.4 Å². The number of aromatic nitrogens is 6. The first-order valence-corrected chi connectivity index (χ1v) is 10.6. The molecule has 0 spiro atoms. The fourth-order valence-electron chi connectivity index (χ4n) is 4.13. The molecule has 1 aliphatic heterocycles. The lowest BCUT2D eigenvalue weighted by atomic mass is 9.95. The van der Waals surface area contributed by atoms with Crippen LogP contribution in [0.3, 0.4) is 0 Å². The van der Waals surface area contributed by atoms with Crippen molar-refractivity contribution in [3.63, 3.8) is 0 Å². The van der Waals surface area contributed by atoms with Crippen LogP contribution in [-0.2, 0) is 24.1 Å². The Morgan fingerprint density at radius 2 is 2.14 bits per heavy atom. The number of piperidine rings is 1. The van der Waals surface area contributed by atoms with E-state index < -0.39 is 0 Å². The van der Waals surface area contributed by atoms with E-state index in [9.17, 15) is 4.79 Å². The molecule has 2 aliphatic rings. The SMILES string of the molecule is CCc1nnc(NC(=O)C2CCN(c3c4c(nc5ncnn35)CCC4)CC2)s1. The molecule has 1 aliphatic carbocycles. The first kappa shape index (κ1) is 17.5. The molecule has 0 aromatic carbocycles. The van der Waals surface area contributed by atoms with Gasteiger partial charge in [-0.25, -0.2) is 4.98 Å². The van der Waals surface area contributed by atoms with E-state index in [4.69, 9.17) is 0 Å². The molecule has 3 aromatic rings. The standard InChI is InChI=1S/C18H22N8OS/c1-2-14-23-24-18(28-14)22-15(27)11-6-8-25(9-7-11)16-12-4-3-5-13(12)21-17-19-10-20-26(16)17/h10-11H,2-9H2,1H3,(H,22,24,27). The van der Waals surface area contributed by atoms with Crippen LogP contribution in [0.2, 0.25) is 0 Å². The zero-order valence-electron chi connectivity index (χ0n) is 15.8. The maximum absolute atomic E-state index is 12.6. The monoisotopic (exact) mass is 398 g/mol. The van der Waals surface area contributed by atoms with E-state index >= 15 is 0 Å². The van der Waals surface area contributed by atoms with E-state index in [1.165, 1.54) is 16.9 Å². The Bertz CT molecular complexity index is 1020. The van der Waals surface area contributed by atoms with E-state index in [1.54, 1.807) is 6.33 Å². The number of hydrogen-bond acceptors (Lipinski definition) is 8. The molecule has 0 atom stereocenters. The maximum Gasteiger partial charge on any atom is 0.254 e. The summed E-state index contributed by atoms with van der Waals surface area (Å²) in [5.74, 6) is 1.82. The van der Waals surface area contributed by atoms with Gasteiger partial charge >= 0.3 is 0 Å². The van der Waals surface area contributed by atoms with E-state index in [0.29, 0.717) is 10.9 Å². The molecule has 0 unspecified atom stereocenters. The van der Waals surface area contributed by atoms with Crippen molar-refractivity contribution in [3.8, 4) is 0 Å². The predicted octanol–water partition coefficient (Wildman–Crippen LogP) is 1.88. The number of nitrogens with zero attached hydrogens (tertiary/aromatic N) is 7. The van der Waals surface area contributed by atoms with Crippen LogP contribution in [-0.4, -0.2) is 48.8 Å². The van der Waals surface area contributed by atoms with Crippen molar-refractivity contribution in [1.29, 1.82) is 0 Å². The smallest absolute Gasteiger partial charge is 0.254 e. The summed E-state index contributed by atoms with van der Waals surface area (Å²) in [5.41, 5.74) is 2.44. The summed E-state index contributed by atoms with van der Waals surface area (Å²) in [5, 5.41) is 17.0. The topological polar surface area (TPSA) is 101 Å². The zero-order chi connectivity index (χ0) is 19.1. The Kier molecular flexibility index (Phi) is 4.42. The quantitative estimate of drug-likeness (QED) is 0.716. The molecule has 1 amide bonds. The normalized spacial score (nSPS) is 17.2. The lowest BCUT2D eigenvalue weighted by Crippen LogP contribution is -2.39. The zero-order valence-corrected chi connectivity index (χ0v) is 16.6. The van der Waals surface area contributed by atoms with Crippen molar-refractivity contribution in [3.05, 3.63) is 22.6 Å². The van der Waals surface area contributed by atoms with Crippen LogP contribution in [0.1, 0.15) is 42.5 Å². The van der Waals surface area contributed by atoms with E-state index in [1.807, 2.05) is 11.4 Å². The fraction of sp³-hybridized carbons (Fsp3) is 0.556. The molecule has 4 heterocycles. The molecule has 1 fully saturated rings. The number of carbonyl (C=O) groups is 1. The first-order valence-electron chi connectivity index (χ1n) is 9.82. The van der Waals surface area contributed by atoms with Crippen LogP contribution < -0.4 is 10.2 Å². The number of fused-ring (bicyclic) bond motifs is 2. The summed E-state index contributed by atoms with van der Waals surface area (Å²) < 4.78 is 1.86. The lowest BCUT2D eigenvalue weighted by molar-refractivity contribution is -0.120. The van der Waals surface area contributed by atoms with E-state index in [-0.39, 0.29) is 11.8 Å². The number of hydrogen-bond donors (Lipinski definition) is 1. The molecule has 0 bridgehead atoms. The lowest BCUT2D eigenvalue weighted by Gasteiger charge is -2.33. The summed E-state index contributed by atoms with van der Waals surface area (Å²) in [6, 6.07) is 0. The summed E-state index contributed by atoms with van der Waals surface area (Å²) in [6.07, 6.45) is 7.17. The molecule has 5 rings (SSSR count). The molecule has 1 N–H and O–H groups in total. The number of carbonyl (C=O) groups excluding carboxylic acids is 1. The van der Waals surface area contributed by atoms with Gasteiger partial charge in [0.05, 0.1) is 5.69 Å². The fourth-order valence-corrected chi connectivity index (χ4v) is 4.82. The van der Waals surface area contributed by atoms with E-state index in [2.05, 4.69) is 35.5 Å². The van der Waals surface area contributed by atoms with Gasteiger partial charge in [-0.15, -0.1) is 10.2 Å². The minimum absolute atomic E-state index is 0.00801. The largest absolute Gasteiger partial charge is 0.356 e. The summed E-state index contributed by atoms with van der Waals surface area (Å²) in [4.78, 5) is 23.9. The number of amides is 1. The highest BCUT2D eigenvalue weighted by atomic mass is 32.1. The molecular formula is C18H22N8OS. The molecule has 146 valence electrons. The average molecular weight is 398 g/mol. The Hall–Kier alpha value is -2.62. The summed E-state index contributed by atoms with van der Waals surface area (Å²) >= 11 is 1.45. The van der Waals surface area contributed by atoms with Crippen molar-refractivity contribution < 1.29 is 4.79 Å². The summed E-state index contributed by atoms with van der Waals surface area (Å²) in [6.45, 7) is 3.67. The summed E-state index contributed by atoms with van der Waals surface area (Å²) in [7, 11) is 0. The molecular weight excluding hydrogens is 376 g/mol. The highest BCUT2D eigenvalue weighted by Crippen LogP contribution is 2.33. The minimum atomic E-state index is -0.00801. The Morgan fingerprint density at radius 3 is 2.93 bits per heavy atom. The second kappa shape index (κ2) is 7.08.